The fraction of sp³-hybridized carbons (Fsp3) is 0. The fourth-order valence-electron chi connectivity index (χ4n) is 2.50. The van der Waals surface area contributed by atoms with E-state index in [9.17, 15) is 0 Å². The Labute approximate surface area is 133 Å². The summed E-state index contributed by atoms with van der Waals surface area (Å²) in [5, 5.41) is 0. The Morgan fingerprint density at radius 2 is 0.700 bits per heavy atom. The minimum atomic E-state index is -2.52. The third kappa shape index (κ3) is 2.63. The van der Waals surface area contributed by atoms with Gasteiger partial charge in [-0.3, -0.25) is 0 Å². The van der Waals surface area contributed by atoms with Gasteiger partial charge in [-0.2, -0.15) is 0 Å². The molecule has 0 bridgehead atoms. The molecular weight excluding hydrogens is 391 g/mol. The topological polar surface area (TPSA) is 0 Å². The van der Waals surface area contributed by atoms with Crippen molar-refractivity contribution in [2.45, 2.75) is 0 Å². The summed E-state index contributed by atoms with van der Waals surface area (Å²) in [5.74, 6) is 0. The van der Waals surface area contributed by atoms with Crippen LogP contribution < -0.4 is 11.6 Å². The van der Waals surface area contributed by atoms with Crippen LogP contribution in [0.5, 0.6) is 0 Å². The maximum atomic E-state index is 2.76. The molecular formula is C18H15ITi. The van der Waals surface area contributed by atoms with Crippen molar-refractivity contribution in [1.29, 1.82) is 0 Å². The zero-order valence-corrected chi connectivity index (χ0v) is 14.8. The van der Waals surface area contributed by atoms with Crippen LogP contribution in [0.1, 0.15) is 0 Å². The summed E-state index contributed by atoms with van der Waals surface area (Å²) in [6.07, 6.45) is 0. The monoisotopic (exact) mass is 406 g/mol. The van der Waals surface area contributed by atoms with Gasteiger partial charge in [0.05, 0.1) is 0 Å². The number of benzene rings is 3. The molecule has 2 heteroatoms. The van der Waals surface area contributed by atoms with Crippen molar-refractivity contribution in [2.75, 3.05) is 0 Å². The SMILES string of the molecule is [I][Ti]([c]1ccccc1)([c]1ccccc1)[c]1ccccc1. The van der Waals surface area contributed by atoms with E-state index in [4.69, 9.17) is 0 Å². The van der Waals surface area contributed by atoms with E-state index in [1.54, 1.807) is 0 Å². The van der Waals surface area contributed by atoms with Crippen molar-refractivity contribution >= 4 is 30.8 Å². The molecule has 0 nitrogen and oxygen atoms in total. The first kappa shape index (κ1) is 14.1. The van der Waals surface area contributed by atoms with Crippen molar-refractivity contribution in [3.8, 4) is 0 Å². The van der Waals surface area contributed by atoms with Crippen LogP contribution in [0.3, 0.4) is 0 Å². The van der Waals surface area contributed by atoms with E-state index < -0.39 is 12.8 Å². The van der Waals surface area contributed by atoms with Crippen molar-refractivity contribution in [2.24, 2.45) is 0 Å². The van der Waals surface area contributed by atoms with Crippen LogP contribution in [0, 0.1) is 0 Å². The molecule has 3 aromatic rings. The van der Waals surface area contributed by atoms with Gasteiger partial charge in [-0.1, -0.05) is 0 Å². The molecule has 0 aliphatic carbocycles. The number of rotatable bonds is 3. The van der Waals surface area contributed by atoms with Crippen LogP contribution in [0.15, 0.2) is 91.0 Å². The zero-order valence-electron chi connectivity index (χ0n) is 11.0. The number of hydrogen-bond donors (Lipinski definition) is 0. The van der Waals surface area contributed by atoms with Gasteiger partial charge < -0.3 is 0 Å². The predicted molar refractivity (Wildman–Crippen MR) is 92.2 cm³/mol. The average molecular weight is 406 g/mol. The molecule has 0 heterocycles. The van der Waals surface area contributed by atoms with Crippen LogP contribution in [-0.4, -0.2) is 0 Å². The first-order valence-corrected chi connectivity index (χ1v) is 14.1. The van der Waals surface area contributed by atoms with Gasteiger partial charge in [0.1, 0.15) is 0 Å². The Hall–Kier alpha value is -0.896. The molecule has 0 saturated carbocycles. The van der Waals surface area contributed by atoms with Gasteiger partial charge in [-0.25, -0.2) is 0 Å². The van der Waals surface area contributed by atoms with E-state index in [2.05, 4.69) is 110 Å². The van der Waals surface area contributed by atoms with E-state index in [0.717, 1.165) is 0 Å². The molecule has 0 saturated heterocycles. The second-order valence-corrected chi connectivity index (χ2v) is 16.2. The quantitative estimate of drug-likeness (QED) is 0.462. The summed E-state index contributed by atoms with van der Waals surface area (Å²) in [6, 6.07) is 32.9. The maximum absolute atomic E-state index is 2.76. The molecule has 0 fully saturated rings. The second-order valence-electron chi connectivity index (χ2n) is 4.76. The van der Waals surface area contributed by atoms with Crippen LogP contribution in [0.2, 0.25) is 0 Å². The summed E-state index contributed by atoms with van der Waals surface area (Å²) in [6.45, 7) is 0. The van der Waals surface area contributed by atoms with E-state index >= 15 is 0 Å². The summed E-state index contributed by atoms with van der Waals surface area (Å²) < 4.78 is 4.47. The Morgan fingerprint density at radius 1 is 0.450 bits per heavy atom. The van der Waals surface area contributed by atoms with Gasteiger partial charge in [0.2, 0.25) is 0 Å². The standard InChI is InChI=1S/3C6H5.HI.Ti/c3*1-2-4-6-5-3-1;;/h3*1-5H;1H;/q;;;;+1/p-1. The second kappa shape index (κ2) is 6.25. The average Bonchev–Trinajstić information content (AvgIpc) is 2.56. The molecule has 20 heavy (non-hydrogen) atoms. The van der Waals surface area contributed by atoms with Crippen LogP contribution in [-0.2, 0) is 12.8 Å². The third-order valence-electron chi connectivity index (χ3n) is 3.51. The Kier molecular flexibility index (Phi) is 4.40. The van der Waals surface area contributed by atoms with Gasteiger partial charge >= 0.3 is 135 Å². The Balaban J connectivity index is 2.24. The third-order valence-corrected chi connectivity index (χ3v) is 16.5. The number of halogens is 1. The Bertz CT molecular complexity index is 569. The van der Waals surface area contributed by atoms with Gasteiger partial charge in [-0.15, -0.1) is 0 Å². The molecule has 98 valence electrons. The molecule has 3 aromatic carbocycles. The summed E-state index contributed by atoms with van der Waals surface area (Å²) in [7, 11) is 0. The fourth-order valence-corrected chi connectivity index (χ4v) is 11.6. The molecule has 3 rings (SSSR count). The van der Waals surface area contributed by atoms with Gasteiger partial charge in [0.25, 0.3) is 0 Å². The van der Waals surface area contributed by atoms with Crippen LogP contribution in [0.4, 0.5) is 0 Å². The van der Waals surface area contributed by atoms with Gasteiger partial charge in [0.15, 0.2) is 0 Å². The molecule has 0 atom stereocenters. The van der Waals surface area contributed by atoms with E-state index in [1.165, 1.54) is 11.6 Å². The van der Waals surface area contributed by atoms with E-state index in [0.29, 0.717) is 0 Å². The van der Waals surface area contributed by atoms with Crippen LogP contribution >= 0.6 is 19.2 Å². The predicted octanol–water partition coefficient (Wildman–Crippen LogP) is 3.47. The zero-order chi connectivity index (χ0) is 13.8. The first-order chi connectivity index (χ1) is 9.82. The van der Waals surface area contributed by atoms with Crippen LogP contribution in [0.25, 0.3) is 0 Å². The van der Waals surface area contributed by atoms with Crippen molar-refractivity contribution in [3.63, 3.8) is 0 Å². The van der Waals surface area contributed by atoms with Gasteiger partial charge in [-0.05, 0) is 0 Å². The van der Waals surface area contributed by atoms with Gasteiger partial charge in [0, 0.05) is 0 Å². The summed E-state index contributed by atoms with van der Waals surface area (Å²) >= 11 is 0.237. The van der Waals surface area contributed by atoms with E-state index in [-0.39, 0.29) is 0 Å². The molecule has 0 aromatic heterocycles. The summed E-state index contributed by atoms with van der Waals surface area (Å²) in [5.41, 5.74) is 0. The molecule has 0 radical (unpaired) electrons. The molecule has 0 aliphatic heterocycles. The molecule has 0 aliphatic rings. The molecule has 0 amide bonds. The normalized spacial score (nSPS) is 11.2. The first-order valence-electron chi connectivity index (χ1n) is 6.67. The molecule has 0 unspecified atom stereocenters. The molecule has 0 spiro atoms. The summed E-state index contributed by atoms with van der Waals surface area (Å²) in [4.78, 5) is 0. The Morgan fingerprint density at radius 3 is 0.950 bits per heavy atom. The van der Waals surface area contributed by atoms with Crippen molar-refractivity contribution < 1.29 is 12.8 Å². The molecule has 0 N–H and O–H groups in total. The van der Waals surface area contributed by atoms with Crippen molar-refractivity contribution in [1.82, 2.24) is 0 Å². The van der Waals surface area contributed by atoms with Crippen molar-refractivity contribution in [3.05, 3.63) is 91.0 Å². The number of hydrogen-bond acceptors (Lipinski definition) is 0. The van der Waals surface area contributed by atoms with E-state index in [1.807, 2.05) is 0 Å². The minimum absolute atomic E-state index is 1.49.